The second-order valence-corrected chi connectivity index (χ2v) is 9.27. The average Bonchev–Trinajstić information content (AvgIpc) is 2.75. The zero-order valence-electron chi connectivity index (χ0n) is 18.9. The molecule has 2 rings (SSSR count). The first-order valence-electron chi connectivity index (χ1n) is 11.3. The quantitative estimate of drug-likeness (QED) is 0.309. The van der Waals surface area contributed by atoms with Crippen molar-refractivity contribution < 1.29 is 23.2 Å². The minimum absolute atomic E-state index is 0.223. The number of hydrogen-bond donors (Lipinski definition) is 1. The van der Waals surface area contributed by atoms with Gasteiger partial charge < -0.3 is 9.63 Å². The summed E-state index contributed by atoms with van der Waals surface area (Å²) in [4.78, 5) is 0. The Labute approximate surface area is 181 Å². The van der Waals surface area contributed by atoms with E-state index in [1.807, 2.05) is 26.0 Å². The van der Waals surface area contributed by atoms with Crippen molar-refractivity contribution in [3.63, 3.8) is 0 Å². The van der Waals surface area contributed by atoms with E-state index in [0.717, 1.165) is 43.1 Å². The van der Waals surface area contributed by atoms with Crippen LogP contribution in [0.15, 0.2) is 24.3 Å². The van der Waals surface area contributed by atoms with Crippen LogP contribution in [0.5, 0.6) is 11.5 Å². The number of hydrogen-bond acceptors (Lipinski definition) is 5. The first-order chi connectivity index (χ1) is 14.5. The maximum Gasteiger partial charge on any atom is 0.530 e. The fourth-order valence-electron chi connectivity index (χ4n) is 3.29. The molecule has 0 bridgehead atoms. The van der Waals surface area contributed by atoms with Gasteiger partial charge in [-0.25, -0.2) is 4.57 Å². The average molecular weight is 437 g/mol. The molecule has 0 aliphatic rings. The van der Waals surface area contributed by atoms with Crippen molar-refractivity contribution >= 4 is 18.6 Å². The van der Waals surface area contributed by atoms with Gasteiger partial charge in [-0.05, 0) is 61.8 Å². The monoisotopic (exact) mass is 436 g/mol. The van der Waals surface area contributed by atoms with Gasteiger partial charge in [-0.3, -0.25) is 9.05 Å². The van der Waals surface area contributed by atoms with Crippen LogP contribution in [-0.2, 0) is 26.5 Å². The molecule has 0 radical (unpaired) electrons. The van der Waals surface area contributed by atoms with E-state index in [1.165, 1.54) is 5.56 Å². The summed E-state index contributed by atoms with van der Waals surface area (Å²) >= 11 is 0. The maximum absolute atomic E-state index is 13.3. The standard InChI is InChI=1S/C24H37O5P/c1-5-9-11-19-13-14-21-22(17-19)23(25)18-20(12-10-6-2)24(21)29-30(26,27-15-7-3)28-16-8-4/h13-14,17-18,25H,5-12,15-16H2,1-4H3. The third-order valence-corrected chi connectivity index (χ3v) is 6.34. The minimum atomic E-state index is -3.76. The van der Waals surface area contributed by atoms with Crippen LogP contribution in [0.25, 0.3) is 10.8 Å². The van der Waals surface area contributed by atoms with Crippen molar-refractivity contribution in [1.82, 2.24) is 0 Å². The zero-order chi connectivity index (χ0) is 22.0. The van der Waals surface area contributed by atoms with Crippen molar-refractivity contribution in [2.24, 2.45) is 0 Å². The van der Waals surface area contributed by atoms with Gasteiger partial charge >= 0.3 is 7.82 Å². The van der Waals surface area contributed by atoms with Crippen molar-refractivity contribution in [1.29, 1.82) is 0 Å². The SMILES string of the molecule is CCCCc1ccc2c(OP(=O)(OCCC)OCCC)c(CCCC)cc(O)c2c1. The molecule has 0 aliphatic carbocycles. The lowest BCUT2D eigenvalue weighted by atomic mass is 9.97. The van der Waals surface area contributed by atoms with Crippen LogP contribution in [0.3, 0.4) is 0 Å². The number of aromatic hydroxyl groups is 1. The molecule has 0 saturated heterocycles. The smallest absolute Gasteiger partial charge is 0.507 e. The number of phenolic OH excluding ortho intramolecular Hbond substituents is 1. The third kappa shape index (κ3) is 6.73. The van der Waals surface area contributed by atoms with Gasteiger partial charge in [-0.1, -0.05) is 52.7 Å². The molecule has 0 atom stereocenters. The normalized spacial score (nSPS) is 11.9. The lowest BCUT2D eigenvalue weighted by Gasteiger charge is -2.22. The van der Waals surface area contributed by atoms with E-state index in [0.29, 0.717) is 43.6 Å². The Hall–Kier alpha value is -1.55. The fraction of sp³-hybridized carbons (Fsp3) is 0.583. The molecular weight excluding hydrogens is 399 g/mol. The number of unbranched alkanes of at least 4 members (excludes halogenated alkanes) is 2. The van der Waals surface area contributed by atoms with Crippen LogP contribution in [0.1, 0.15) is 77.3 Å². The molecule has 30 heavy (non-hydrogen) atoms. The number of phosphoric ester groups is 1. The molecule has 2 aromatic rings. The van der Waals surface area contributed by atoms with Crippen molar-refractivity contribution in [3.8, 4) is 11.5 Å². The van der Waals surface area contributed by atoms with Gasteiger partial charge in [0, 0.05) is 10.8 Å². The van der Waals surface area contributed by atoms with Gasteiger partial charge in [0.15, 0.2) is 0 Å². The number of fused-ring (bicyclic) bond motifs is 1. The Morgan fingerprint density at radius 1 is 0.833 bits per heavy atom. The second-order valence-electron chi connectivity index (χ2n) is 7.68. The predicted molar refractivity (Wildman–Crippen MR) is 124 cm³/mol. The second kappa shape index (κ2) is 12.3. The lowest BCUT2D eigenvalue weighted by Crippen LogP contribution is -2.06. The molecule has 168 valence electrons. The molecule has 0 spiro atoms. The largest absolute Gasteiger partial charge is 0.530 e. The molecule has 0 saturated carbocycles. The highest BCUT2D eigenvalue weighted by atomic mass is 31.2. The molecule has 0 aromatic heterocycles. The van der Waals surface area contributed by atoms with Crippen LogP contribution in [-0.4, -0.2) is 18.3 Å². The van der Waals surface area contributed by atoms with E-state index in [9.17, 15) is 9.67 Å². The fourth-order valence-corrected chi connectivity index (χ4v) is 4.72. The summed E-state index contributed by atoms with van der Waals surface area (Å²) in [5.74, 6) is 0.717. The summed E-state index contributed by atoms with van der Waals surface area (Å²) in [7, 11) is -3.76. The first kappa shape index (κ1) is 24.7. The molecule has 0 fully saturated rings. The lowest BCUT2D eigenvalue weighted by molar-refractivity contribution is 0.155. The van der Waals surface area contributed by atoms with Gasteiger partial charge in [0.1, 0.15) is 11.5 Å². The molecule has 0 aliphatic heterocycles. The van der Waals surface area contributed by atoms with Crippen molar-refractivity contribution in [3.05, 3.63) is 35.4 Å². The highest BCUT2D eigenvalue weighted by Gasteiger charge is 2.30. The van der Waals surface area contributed by atoms with E-state index >= 15 is 0 Å². The Bertz CT molecular complexity index is 837. The van der Waals surface area contributed by atoms with Crippen molar-refractivity contribution in [2.45, 2.75) is 79.1 Å². The van der Waals surface area contributed by atoms with Crippen LogP contribution in [0.2, 0.25) is 0 Å². The summed E-state index contributed by atoms with van der Waals surface area (Å²) in [5.41, 5.74) is 1.99. The molecule has 0 heterocycles. The first-order valence-corrected chi connectivity index (χ1v) is 12.8. The van der Waals surface area contributed by atoms with E-state index < -0.39 is 7.82 Å². The number of aryl methyl sites for hydroxylation is 2. The molecule has 0 unspecified atom stereocenters. The predicted octanol–water partition coefficient (Wildman–Crippen LogP) is 7.57. The molecular formula is C24H37O5P. The number of benzene rings is 2. The van der Waals surface area contributed by atoms with Crippen LogP contribution < -0.4 is 4.52 Å². The Morgan fingerprint density at radius 2 is 1.47 bits per heavy atom. The molecule has 5 nitrogen and oxygen atoms in total. The number of phosphoric acid groups is 1. The minimum Gasteiger partial charge on any atom is -0.507 e. The summed E-state index contributed by atoms with van der Waals surface area (Å²) < 4.78 is 30.5. The molecule has 6 heteroatoms. The van der Waals surface area contributed by atoms with Crippen LogP contribution in [0.4, 0.5) is 0 Å². The number of rotatable bonds is 14. The zero-order valence-corrected chi connectivity index (χ0v) is 19.8. The number of phenols is 1. The Kier molecular flexibility index (Phi) is 10.2. The Morgan fingerprint density at radius 3 is 2.07 bits per heavy atom. The summed E-state index contributed by atoms with van der Waals surface area (Å²) in [5, 5.41) is 12.2. The van der Waals surface area contributed by atoms with E-state index in [-0.39, 0.29) is 5.75 Å². The van der Waals surface area contributed by atoms with E-state index in [4.69, 9.17) is 13.6 Å². The van der Waals surface area contributed by atoms with Gasteiger partial charge in [-0.15, -0.1) is 0 Å². The molecule has 1 N–H and O–H groups in total. The summed E-state index contributed by atoms with van der Waals surface area (Å²) in [6.07, 6.45) is 7.24. The van der Waals surface area contributed by atoms with Gasteiger partial charge in [0.25, 0.3) is 0 Å². The third-order valence-electron chi connectivity index (χ3n) is 4.94. The van der Waals surface area contributed by atoms with E-state index in [1.54, 1.807) is 6.07 Å². The van der Waals surface area contributed by atoms with Crippen molar-refractivity contribution in [2.75, 3.05) is 13.2 Å². The maximum atomic E-state index is 13.3. The molecule has 0 amide bonds. The summed E-state index contributed by atoms with van der Waals surface area (Å²) in [6.45, 7) is 8.76. The highest BCUT2D eigenvalue weighted by molar-refractivity contribution is 7.49. The van der Waals surface area contributed by atoms with E-state index in [2.05, 4.69) is 19.9 Å². The Balaban J connectivity index is 2.54. The van der Waals surface area contributed by atoms with Crippen LogP contribution >= 0.6 is 7.82 Å². The summed E-state index contributed by atoms with van der Waals surface area (Å²) in [6, 6.07) is 7.75. The molecule has 2 aromatic carbocycles. The van der Waals surface area contributed by atoms with Gasteiger partial charge in [0.2, 0.25) is 0 Å². The topological polar surface area (TPSA) is 65.0 Å². The van der Waals surface area contributed by atoms with Crippen LogP contribution in [0, 0.1) is 0 Å². The highest BCUT2D eigenvalue weighted by Crippen LogP contribution is 2.53. The van der Waals surface area contributed by atoms with Gasteiger partial charge in [-0.2, -0.15) is 0 Å². The van der Waals surface area contributed by atoms with Gasteiger partial charge in [0.05, 0.1) is 13.2 Å².